The van der Waals surface area contributed by atoms with Crippen LogP contribution in [0.15, 0.2) is 49.2 Å². The monoisotopic (exact) mass is 242 g/mol. The highest BCUT2D eigenvalue weighted by atomic mass is 16.5. The van der Waals surface area contributed by atoms with Crippen molar-refractivity contribution in [2.45, 2.75) is 13.0 Å². The predicted octanol–water partition coefficient (Wildman–Crippen LogP) is 2.87. The van der Waals surface area contributed by atoms with Crippen molar-refractivity contribution in [2.75, 3.05) is 13.2 Å². The highest BCUT2D eigenvalue weighted by molar-refractivity contribution is 5.78. The van der Waals surface area contributed by atoms with Crippen molar-refractivity contribution in [2.24, 2.45) is 0 Å². The van der Waals surface area contributed by atoms with Crippen molar-refractivity contribution in [1.29, 1.82) is 0 Å². The minimum absolute atomic E-state index is 0.710. The van der Waals surface area contributed by atoms with E-state index >= 15 is 0 Å². The molecular formula is C15H18N2O. The van der Waals surface area contributed by atoms with Crippen molar-refractivity contribution in [3.63, 3.8) is 0 Å². The van der Waals surface area contributed by atoms with Gasteiger partial charge >= 0.3 is 0 Å². The van der Waals surface area contributed by atoms with Gasteiger partial charge in [-0.2, -0.15) is 0 Å². The number of nitrogens with zero attached hydrogens (tertiary/aromatic N) is 1. The van der Waals surface area contributed by atoms with Gasteiger partial charge in [0.05, 0.1) is 24.1 Å². The van der Waals surface area contributed by atoms with Crippen molar-refractivity contribution < 1.29 is 4.74 Å². The Balaban J connectivity index is 1.82. The van der Waals surface area contributed by atoms with Gasteiger partial charge < -0.3 is 10.1 Å². The maximum absolute atomic E-state index is 5.05. The molecule has 18 heavy (non-hydrogen) atoms. The SMILES string of the molecule is C=COCCCNCc1ccc2ccccc2n1. The molecule has 94 valence electrons. The van der Waals surface area contributed by atoms with Gasteiger partial charge in [-0.3, -0.25) is 4.98 Å². The summed E-state index contributed by atoms with van der Waals surface area (Å²) in [6.45, 7) is 5.92. The van der Waals surface area contributed by atoms with Gasteiger partial charge in [0.15, 0.2) is 0 Å². The Hall–Kier alpha value is -1.87. The maximum atomic E-state index is 5.05. The van der Waals surface area contributed by atoms with E-state index < -0.39 is 0 Å². The van der Waals surface area contributed by atoms with Crippen LogP contribution in [0.5, 0.6) is 0 Å². The molecule has 1 aromatic carbocycles. The summed E-state index contributed by atoms with van der Waals surface area (Å²) < 4.78 is 5.05. The summed E-state index contributed by atoms with van der Waals surface area (Å²) in [4.78, 5) is 4.60. The minimum atomic E-state index is 0.710. The zero-order valence-corrected chi connectivity index (χ0v) is 10.4. The number of hydrogen-bond acceptors (Lipinski definition) is 3. The smallest absolute Gasteiger partial charge is 0.0885 e. The molecular weight excluding hydrogens is 224 g/mol. The molecule has 2 rings (SSSR count). The molecule has 1 aromatic heterocycles. The van der Waals surface area contributed by atoms with E-state index in [1.807, 2.05) is 18.2 Å². The van der Waals surface area contributed by atoms with Gasteiger partial charge in [0.2, 0.25) is 0 Å². The summed E-state index contributed by atoms with van der Waals surface area (Å²) >= 11 is 0. The first-order valence-corrected chi connectivity index (χ1v) is 6.18. The van der Waals surface area contributed by atoms with E-state index in [-0.39, 0.29) is 0 Å². The van der Waals surface area contributed by atoms with Crippen LogP contribution in [0, 0.1) is 0 Å². The van der Waals surface area contributed by atoms with Crippen molar-refractivity contribution in [3.8, 4) is 0 Å². The average Bonchev–Trinajstić information content (AvgIpc) is 2.42. The van der Waals surface area contributed by atoms with Crippen LogP contribution in [-0.2, 0) is 11.3 Å². The van der Waals surface area contributed by atoms with E-state index in [1.54, 1.807) is 0 Å². The number of aromatic nitrogens is 1. The Morgan fingerprint density at radius 1 is 1.22 bits per heavy atom. The lowest BCUT2D eigenvalue weighted by atomic mass is 10.2. The lowest BCUT2D eigenvalue weighted by Gasteiger charge is -2.05. The minimum Gasteiger partial charge on any atom is -0.502 e. The average molecular weight is 242 g/mol. The molecule has 0 amide bonds. The van der Waals surface area contributed by atoms with E-state index in [4.69, 9.17) is 4.74 Å². The van der Waals surface area contributed by atoms with Crippen LogP contribution in [0.3, 0.4) is 0 Å². The van der Waals surface area contributed by atoms with Crippen LogP contribution in [0.4, 0.5) is 0 Å². The van der Waals surface area contributed by atoms with Crippen molar-refractivity contribution in [1.82, 2.24) is 10.3 Å². The zero-order valence-electron chi connectivity index (χ0n) is 10.4. The largest absolute Gasteiger partial charge is 0.502 e. The molecule has 0 aliphatic carbocycles. The van der Waals surface area contributed by atoms with Crippen LogP contribution in [-0.4, -0.2) is 18.1 Å². The molecule has 3 heteroatoms. The highest BCUT2D eigenvalue weighted by Gasteiger charge is 1.97. The van der Waals surface area contributed by atoms with Crippen LogP contribution in [0.1, 0.15) is 12.1 Å². The number of hydrogen-bond donors (Lipinski definition) is 1. The lowest BCUT2D eigenvalue weighted by Crippen LogP contribution is -2.16. The molecule has 2 aromatic rings. The van der Waals surface area contributed by atoms with Gasteiger partial charge in [-0.1, -0.05) is 30.8 Å². The molecule has 3 nitrogen and oxygen atoms in total. The first-order chi connectivity index (χ1) is 8.90. The normalized spacial score (nSPS) is 10.4. The Morgan fingerprint density at radius 2 is 2.11 bits per heavy atom. The third-order valence-corrected chi connectivity index (χ3v) is 2.70. The second kappa shape index (κ2) is 6.77. The molecule has 0 aliphatic rings. The summed E-state index contributed by atoms with van der Waals surface area (Å²) in [5.41, 5.74) is 2.12. The molecule has 0 atom stereocenters. The maximum Gasteiger partial charge on any atom is 0.0885 e. The van der Waals surface area contributed by atoms with Crippen LogP contribution < -0.4 is 5.32 Å². The third-order valence-electron chi connectivity index (χ3n) is 2.70. The van der Waals surface area contributed by atoms with Gasteiger partial charge in [-0.25, -0.2) is 0 Å². The number of fused-ring (bicyclic) bond motifs is 1. The summed E-state index contributed by atoms with van der Waals surface area (Å²) in [6, 6.07) is 12.3. The van der Waals surface area contributed by atoms with E-state index in [1.165, 1.54) is 11.6 Å². The topological polar surface area (TPSA) is 34.1 Å². The van der Waals surface area contributed by atoms with Crippen LogP contribution >= 0.6 is 0 Å². The molecule has 0 spiro atoms. The van der Waals surface area contributed by atoms with Gasteiger partial charge in [-0.05, 0) is 25.1 Å². The highest BCUT2D eigenvalue weighted by Crippen LogP contribution is 2.11. The molecule has 0 saturated carbocycles. The number of ether oxygens (including phenoxy) is 1. The fourth-order valence-corrected chi connectivity index (χ4v) is 1.79. The first-order valence-electron chi connectivity index (χ1n) is 6.18. The van der Waals surface area contributed by atoms with E-state index in [0.29, 0.717) is 6.61 Å². The van der Waals surface area contributed by atoms with Crippen LogP contribution in [0.2, 0.25) is 0 Å². The van der Waals surface area contributed by atoms with Gasteiger partial charge in [-0.15, -0.1) is 0 Å². The van der Waals surface area contributed by atoms with E-state index in [9.17, 15) is 0 Å². The first kappa shape index (κ1) is 12.6. The molecule has 0 aliphatic heterocycles. The summed E-state index contributed by atoms with van der Waals surface area (Å²) in [5.74, 6) is 0. The quantitative estimate of drug-likeness (QED) is 0.599. The second-order valence-electron chi connectivity index (χ2n) is 4.06. The number of rotatable bonds is 7. The van der Waals surface area contributed by atoms with Crippen molar-refractivity contribution >= 4 is 10.9 Å². The number of nitrogens with one attached hydrogen (secondary N) is 1. The summed E-state index contributed by atoms with van der Waals surface area (Å²) in [5, 5.41) is 4.53. The van der Waals surface area contributed by atoms with Gasteiger partial charge in [0.25, 0.3) is 0 Å². The molecule has 0 radical (unpaired) electrons. The Labute approximate surface area is 107 Å². The summed E-state index contributed by atoms with van der Waals surface area (Å²) in [7, 11) is 0. The number of benzene rings is 1. The zero-order chi connectivity index (χ0) is 12.6. The lowest BCUT2D eigenvalue weighted by molar-refractivity contribution is 0.244. The third kappa shape index (κ3) is 3.57. The molecule has 0 unspecified atom stereocenters. The number of pyridine rings is 1. The van der Waals surface area contributed by atoms with Crippen molar-refractivity contribution in [3.05, 3.63) is 54.9 Å². The predicted molar refractivity (Wildman–Crippen MR) is 74.2 cm³/mol. The molecule has 0 fully saturated rings. The van der Waals surface area contributed by atoms with Crippen LogP contribution in [0.25, 0.3) is 10.9 Å². The van der Waals surface area contributed by atoms with E-state index in [0.717, 1.165) is 30.7 Å². The Bertz CT molecular complexity index is 511. The summed E-state index contributed by atoms with van der Waals surface area (Å²) in [6.07, 6.45) is 2.45. The van der Waals surface area contributed by atoms with E-state index in [2.05, 4.69) is 35.1 Å². The molecule has 1 N–H and O–H groups in total. The number of para-hydroxylation sites is 1. The molecule has 1 heterocycles. The molecule has 0 bridgehead atoms. The molecule has 0 saturated heterocycles. The Morgan fingerprint density at radius 3 is 3.00 bits per heavy atom. The standard InChI is InChI=1S/C15H18N2O/c1-2-18-11-5-10-16-12-14-9-8-13-6-3-4-7-15(13)17-14/h2-4,6-9,16H,1,5,10-12H2. The Kier molecular flexibility index (Phi) is 4.73. The van der Waals surface area contributed by atoms with Gasteiger partial charge in [0, 0.05) is 11.9 Å². The van der Waals surface area contributed by atoms with Gasteiger partial charge in [0.1, 0.15) is 0 Å². The second-order valence-corrected chi connectivity index (χ2v) is 4.06. The fourth-order valence-electron chi connectivity index (χ4n) is 1.79. The fraction of sp³-hybridized carbons (Fsp3) is 0.267.